The molecular weight excluding hydrogens is 472 g/mol. The first-order valence-electron chi connectivity index (χ1n) is 13.3. The summed E-state index contributed by atoms with van der Waals surface area (Å²) in [5, 5.41) is 6.86. The number of carbonyl (C=O) groups excluding carboxylic acids is 1. The highest BCUT2D eigenvalue weighted by Crippen LogP contribution is 2.37. The molecule has 4 heterocycles. The predicted octanol–water partition coefficient (Wildman–Crippen LogP) is 3.19. The lowest BCUT2D eigenvalue weighted by molar-refractivity contribution is -0.933. The van der Waals surface area contributed by atoms with Gasteiger partial charge in [-0.25, -0.2) is 8.42 Å². The van der Waals surface area contributed by atoms with E-state index in [1.165, 1.54) is 0 Å². The van der Waals surface area contributed by atoms with Crippen LogP contribution in [-0.4, -0.2) is 80.8 Å². The van der Waals surface area contributed by atoms with Crippen LogP contribution in [0.2, 0.25) is 0 Å². The molecule has 2 N–H and O–H groups in total. The van der Waals surface area contributed by atoms with Crippen molar-refractivity contribution in [3.8, 4) is 0 Å². The maximum atomic E-state index is 13.4. The van der Waals surface area contributed by atoms with Gasteiger partial charge in [-0.2, -0.15) is 0 Å². The molecule has 0 spiro atoms. The quantitative estimate of drug-likeness (QED) is 0.559. The number of anilines is 1. The molecule has 8 heteroatoms. The third-order valence-electron chi connectivity index (χ3n) is 8.30. The number of hydrogen-bond acceptors (Lipinski definition) is 5. The van der Waals surface area contributed by atoms with E-state index in [1.807, 2.05) is 43.3 Å². The molecule has 36 heavy (non-hydrogen) atoms. The van der Waals surface area contributed by atoms with Crippen molar-refractivity contribution < 1.29 is 17.7 Å². The van der Waals surface area contributed by atoms with Crippen LogP contribution in [0.3, 0.4) is 0 Å². The van der Waals surface area contributed by atoms with E-state index in [-0.39, 0.29) is 17.7 Å². The van der Waals surface area contributed by atoms with Crippen LogP contribution >= 0.6 is 0 Å². The summed E-state index contributed by atoms with van der Waals surface area (Å²) in [6.07, 6.45) is 2.74. The van der Waals surface area contributed by atoms with Gasteiger partial charge in [0, 0.05) is 30.9 Å². The highest BCUT2D eigenvalue weighted by Gasteiger charge is 2.41. The predicted molar refractivity (Wildman–Crippen MR) is 143 cm³/mol. The van der Waals surface area contributed by atoms with Gasteiger partial charge in [0.2, 0.25) is 0 Å². The zero-order valence-corrected chi connectivity index (χ0v) is 22.3. The molecule has 0 radical (unpaired) electrons. The van der Waals surface area contributed by atoms with Crippen molar-refractivity contribution in [1.29, 1.82) is 0 Å². The number of piperazine rings is 3. The van der Waals surface area contributed by atoms with Gasteiger partial charge in [-0.15, -0.1) is 0 Å². The number of benzene rings is 2. The molecule has 1 amide bonds. The second kappa shape index (κ2) is 9.89. The van der Waals surface area contributed by atoms with Crippen LogP contribution in [0.4, 0.5) is 5.69 Å². The Bertz CT molecular complexity index is 1210. The lowest BCUT2D eigenvalue weighted by Gasteiger charge is -2.50. The van der Waals surface area contributed by atoms with Crippen molar-refractivity contribution >= 4 is 21.4 Å². The Labute approximate surface area is 215 Å². The van der Waals surface area contributed by atoms with Gasteiger partial charge >= 0.3 is 0 Å². The number of unbranched alkanes of at least 4 members (excludes halogenated alkanes) is 1. The van der Waals surface area contributed by atoms with Crippen molar-refractivity contribution in [3.05, 3.63) is 59.7 Å². The average Bonchev–Trinajstić information content (AvgIpc) is 2.95. The number of nitrogens with one attached hydrogen (secondary N) is 2. The Morgan fingerprint density at radius 1 is 1.11 bits per heavy atom. The number of fused-ring (bicyclic) bond motifs is 4. The molecule has 0 saturated carbocycles. The molecule has 2 aromatic carbocycles. The van der Waals surface area contributed by atoms with Crippen LogP contribution in [0.5, 0.6) is 0 Å². The number of nitrogens with zero attached hydrogens (tertiary/aromatic N) is 2. The highest BCUT2D eigenvalue weighted by atomic mass is 32.2. The Morgan fingerprint density at radius 2 is 1.83 bits per heavy atom. The lowest BCUT2D eigenvalue weighted by Crippen LogP contribution is -2.68. The minimum Gasteiger partial charge on any atom is -0.321 e. The first-order chi connectivity index (χ1) is 17.2. The van der Waals surface area contributed by atoms with E-state index in [9.17, 15) is 13.2 Å². The maximum Gasteiger partial charge on any atom is 0.279 e. The third kappa shape index (κ3) is 5.23. The summed E-state index contributed by atoms with van der Waals surface area (Å²) in [5.41, 5.74) is 1.93. The van der Waals surface area contributed by atoms with Crippen molar-refractivity contribution in [2.75, 3.05) is 56.9 Å². The van der Waals surface area contributed by atoms with E-state index in [0.717, 1.165) is 79.8 Å². The van der Waals surface area contributed by atoms with E-state index in [1.54, 1.807) is 12.1 Å². The smallest absolute Gasteiger partial charge is 0.279 e. The molecule has 4 aliphatic heterocycles. The summed E-state index contributed by atoms with van der Waals surface area (Å²) < 4.78 is 27.7. The highest BCUT2D eigenvalue weighted by molar-refractivity contribution is 7.91. The Kier molecular flexibility index (Phi) is 6.98. The summed E-state index contributed by atoms with van der Waals surface area (Å²) in [4.78, 5) is 16.0. The standard InChI is InChI=1S/C28H38N4O3S/c1-3-4-12-28(2)21-36(34,35)25-11-6-5-10-24(25)27(30-28)22-8-7-9-23(19-22)29-26(33)20-32-16-13-31(14-17-32)15-18-32/h5-11,19,27,30H,3-4,12-18,20-21H2,1-2H3/p+1/t27-,28?/m1/s1. The fourth-order valence-corrected chi connectivity index (χ4v) is 8.26. The van der Waals surface area contributed by atoms with E-state index in [0.29, 0.717) is 11.4 Å². The fraction of sp³-hybridized carbons (Fsp3) is 0.536. The van der Waals surface area contributed by atoms with Crippen molar-refractivity contribution in [2.45, 2.75) is 49.6 Å². The Hall–Kier alpha value is -2.26. The van der Waals surface area contributed by atoms with Crippen LogP contribution in [-0.2, 0) is 14.6 Å². The minimum atomic E-state index is -3.45. The van der Waals surface area contributed by atoms with Crippen LogP contribution in [0, 0.1) is 0 Å². The first-order valence-corrected chi connectivity index (χ1v) is 14.9. The molecule has 3 saturated heterocycles. The van der Waals surface area contributed by atoms with E-state index in [2.05, 4.69) is 22.5 Å². The Morgan fingerprint density at radius 3 is 2.56 bits per heavy atom. The molecule has 6 rings (SSSR count). The number of carbonyl (C=O) groups is 1. The molecule has 2 bridgehead atoms. The lowest BCUT2D eigenvalue weighted by atomic mass is 9.91. The molecule has 7 nitrogen and oxygen atoms in total. The van der Waals surface area contributed by atoms with Crippen LogP contribution < -0.4 is 10.6 Å². The van der Waals surface area contributed by atoms with Crippen LogP contribution in [0.15, 0.2) is 53.4 Å². The molecular formula is C28H39N4O3S+. The number of hydrogen-bond donors (Lipinski definition) is 2. The topological polar surface area (TPSA) is 78.5 Å². The molecule has 194 valence electrons. The number of quaternary nitrogens is 1. The van der Waals surface area contributed by atoms with Crippen LogP contribution in [0.25, 0.3) is 0 Å². The van der Waals surface area contributed by atoms with Crippen molar-refractivity contribution in [3.63, 3.8) is 0 Å². The fourth-order valence-electron chi connectivity index (χ4n) is 6.21. The Balaban J connectivity index is 1.42. The van der Waals surface area contributed by atoms with Gasteiger partial charge in [0.25, 0.3) is 5.91 Å². The summed E-state index contributed by atoms with van der Waals surface area (Å²) in [6.45, 7) is 11.0. The molecule has 0 aliphatic carbocycles. The largest absolute Gasteiger partial charge is 0.321 e. The van der Waals surface area contributed by atoms with Gasteiger partial charge in [0.1, 0.15) is 0 Å². The second-order valence-corrected chi connectivity index (χ2v) is 13.2. The molecule has 3 fully saturated rings. The maximum absolute atomic E-state index is 13.4. The number of amides is 1. The van der Waals surface area contributed by atoms with Gasteiger partial charge in [-0.05, 0) is 42.7 Å². The summed E-state index contributed by atoms with van der Waals surface area (Å²) in [7, 11) is -3.45. The number of rotatable bonds is 7. The zero-order chi connectivity index (χ0) is 25.4. The summed E-state index contributed by atoms with van der Waals surface area (Å²) in [6, 6.07) is 14.9. The van der Waals surface area contributed by atoms with E-state index < -0.39 is 15.4 Å². The normalized spacial score (nSPS) is 30.8. The molecule has 0 aromatic heterocycles. The van der Waals surface area contributed by atoms with Gasteiger partial charge < -0.3 is 9.80 Å². The molecule has 1 unspecified atom stereocenters. The molecule has 2 aromatic rings. The third-order valence-corrected chi connectivity index (χ3v) is 10.4. The minimum absolute atomic E-state index is 0.0482. The van der Waals surface area contributed by atoms with Crippen molar-refractivity contribution in [1.82, 2.24) is 10.2 Å². The first kappa shape index (κ1) is 25.4. The summed E-state index contributed by atoms with van der Waals surface area (Å²) in [5.74, 6) is 0.119. The monoisotopic (exact) mass is 511 g/mol. The van der Waals surface area contributed by atoms with Gasteiger partial charge in [-0.3, -0.25) is 15.0 Å². The van der Waals surface area contributed by atoms with Crippen molar-refractivity contribution in [2.24, 2.45) is 0 Å². The van der Waals surface area contributed by atoms with Gasteiger partial charge in [-0.1, -0.05) is 50.1 Å². The van der Waals surface area contributed by atoms with Gasteiger partial charge in [0.15, 0.2) is 16.4 Å². The summed E-state index contributed by atoms with van der Waals surface area (Å²) >= 11 is 0. The zero-order valence-electron chi connectivity index (χ0n) is 21.5. The average molecular weight is 512 g/mol. The van der Waals surface area contributed by atoms with E-state index >= 15 is 0 Å². The SMILES string of the molecule is CCCCC1(C)CS(=O)(=O)c2ccccc2[C@@H](c2cccc(NC(=O)C[N+]34CCN(CC3)CC4)c2)N1. The second-order valence-electron chi connectivity index (χ2n) is 11.2. The van der Waals surface area contributed by atoms with E-state index in [4.69, 9.17) is 0 Å². The molecule has 2 atom stereocenters. The number of sulfone groups is 1. The van der Waals surface area contributed by atoms with Gasteiger partial charge in [0.05, 0.1) is 36.3 Å². The van der Waals surface area contributed by atoms with Crippen LogP contribution in [0.1, 0.15) is 50.3 Å². The molecule has 4 aliphatic rings.